The lowest BCUT2D eigenvalue weighted by Gasteiger charge is -2.23. The van der Waals surface area contributed by atoms with Crippen molar-refractivity contribution >= 4 is 11.9 Å². The van der Waals surface area contributed by atoms with Crippen molar-refractivity contribution in [1.82, 2.24) is 16.0 Å². The summed E-state index contributed by atoms with van der Waals surface area (Å²) in [6.45, 7) is 0.417. The summed E-state index contributed by atoms with van der Waals surface area (Å²) < 4.78 is 5.97. The molecule has 6 nitrogen and oxygen atoms in total. The van der Waals surface area contributed by atoms with Gasteiger partial charge in [-0.2, -0.15) is 0 Å². The number of benzene rings is 1. The maximum Gasteiger partial charge on any atom is 0.315 e. The van der Waals surface area contributed by atoms with E-state index in [2.05, 4.69) is 21.9 Å². The van der Waals surface area contributed by atoms with Crippen LogP contribution < -0.4 is 20.7 Å². The van der Waals surface area contributed by atoms with Crippen molar-refractivity contribution in [2.45, 2.75) is 44.8 Å². The molecular formula is C19H25N3O3. The van der Waals surface area contributed by atoms with E-state index in [1.165, 1.54) is 19.3 Å². The number of urea groups is 1. The van der Waals surface area contributed by atoms with Gasteiger partial charge in [0.1, 0.15) is 5.75 Å². The van der Waals surface area contributed by atoms with Crippen molar-refractivity contribution in [3.05, 3.63) is 29.8 Å². The van der Waals surface area contributed by atoms with E-state index in [0.29, 0.717) is 12.6 Å². The van der Waals surface area contributed by atoms with Gasteiger partial charge in [0.2, 0.25) is 5.91 Å². The lowest BCUT2D eigenvalue weighted by atomic mass is 9.98. The van der Waals surface area contributed by atoms with E-state index in [0.717, 1.165) is 24.2 Å². The molecule has 0 saturated heterocycles. The Morgan fingerprint density at radius 2 is 1.80 bits per heavy atom. The Kier molecular flexibility index (Phi) is 7.64. The van der Waals surface area contributed by atoms with Gasteiger partial charge in [0, 0.05) is 6.54 Å². The molecule has 0 atom stereocenters. The van der Waals surface area contributed by atoms with E-state index in [-0.39, 0.29) is 19.0 Å². The van der Waals surface area contributed by atoms with Crippen LogP contribution in [0.5, 0.6) is 5.75 Å². The maximum atomic E-state index is 11.7. The molecule has 1 aromatic carbocycles. The van der Waals surface area contributed by atoms with E-state index >= 15 is 0 Å². The smallest absolute Gasteiger partial charge is 0.315 e. The van der Waals surface area contributed by atoms with E-state index in [9.17, 15) is 9.59 Å². The number of rotatable bonds is 7. The number of nitrogens with one attached hydrogen (secondary N) is 3. The van der Waals surface area contributed by atoms with Crippen LogP contribution in [0.4, 0.5) is 4.79 Å². The fourth-order valence-corrected chi connectivity index (χ4v) is 2.68. The molecular weight excluding hydrogens is 318 g/mol. The van der Waals surface area contributed by atoms with Gasteiger partial charge in [-0.05, 0) is 43.4 Å². The molecule has 1 aliphatic rings. The number of carbonyl (C=O) groups excluding carboxylic acids is 2. The summed E-state index contributed by atoms with van der Waals surface area (Å²) in [5.41, 5.74) is 0.961. The Bertz CT molecular complexity index is 601. The Hall–Kier alpha value is -2.68. The molecule has 3 N–H and O–H groups in total. The molecule has 1 aliphatic carbocycles. The number of terminal acetylenes is 1. The highest BCUT2D eigenvalue weighted by Crippen LogP contribution is 2.23. The van der Waals surface area contributed by atoms with Crippen LogP contribution in [0.1, 0.15) is 37.7 Å². The molecule has 0 spiro atoms. The van der Waals surface area contributed by atoms with Gasteiger partial charge >= 0.3 is 6.03 Å². The first-order valence-corrected chi connectivity index (χ1v) is 8.65. The average molecular weight is 343 g/mol. The molecule has 3 amide bonds. The monoisotopic (exact) mass is 343 g/mol. The number of amides is 3. The largest absolute Gasteiger partial charge is 0.490 e. The van der Waals surface area contributed by atoms with Gasteiger partial charge in [-0.1, -0.05) is 24.5 Å². The van der Waals surface area contributed by atoms with Gasteiger partial charge in [-0.15, -0.1) is 6.42 Å². The van der Waals surface area contributed by atoms with Crippen LogP contribution in [0.15, 0.2) is 24.3 Å². The van der Waals surface area contributed by atoms with E-state index in [4.69, 9.17) is 11.2 Å². The second-order valence-corrected chi connectivity index (χ2v) is 6.04. The highest BCUT2D eigenvalue weighted by Gasteiger charge is 2.14. The third-order valence-corrected chi connectivity index (χ3v) is 4.03. The predicted molar refractivity (Wildman–Crippen MR) is 96.0 cm³/mol. The Morgan fingerprint density at radius 3 is 2.48 bits per heavy atom. The molecule has 0 aromatic heterocycles. The van der Waals surface area contributed by atoms with Crippen LogP contribution in [0, 0.1) is 12.3 Å². The van der Waals surface area contributed by atoms with Crippen LogP contribution in [0.25, 0.3) is 0 Å². The first-order valence-electron chi connectivity index (χ1n) is 8.65. The second-order valence-electron chi connectivity index (χ2n) is 6.04. The molecule has 25 heavy (non-hydrogen) atoms. The van der Waals surface area contributed by atoms with Gasteiger partial charge in [0.15, 0.2) is 0 Å². The Labute approximate surface area is 148 Å². The minimum atomic E-state index is -0.404. The molecule has 6 heteroatoms. The van der Waals surface area contributed by atoms with Crippen molar-refractivity contribution in [3.63, 3.8) is 0 Å². The summed E-state index contributed by atoms with van der Waals surface area (Å²) >= 11 is 0. The number of hydrogen-bond acceptors (Lipinski definition) is 3. The minimum absolute atomic E-state index is 0.109. The van der Waals surface area contributed by atoms with Crippen molar-refractivity contribution < 1.29 is 14.3 Å². The Balaban J connectivity index is 1.67. The molecule has 134 valence electrons. The highest BCUT2D eigenvalue weighted by atomic mass is 16.5. The van der Waals surface area contributed by atoms with Crippen LogP contribution in [0.3, 0.4) is 0 Å². The number of carbonyl (C=O) groups is 2. The average Bonchev–Trinajstić information content (AvgIpc) is 2.65. The van der Waals surface area contributed by atoms with Crippen LogP contribution in [0.2, 0.25) is 0 Å². The molecule has 0 bridgehead atoms. The standard InChI is InChI=1S/C19H25N3O3/c1-2-12-20-18(23)14-22-19(24)21-13-15-8-10-17(11-9-15)25-16-6-4-3-5-7-16/h1,8-11,16H,3-7,12-14H2,(H,20,23)(H2,21,22,24). The third-order valence-electron chi connectivity index (χ3n) is 4.03. The molecule has 1 aromatic rings. The fraction of sp³-hybridized carbons (Fsp3) is 0.474. The van der Waals surface area contributed by atoms with Gasteiger partial charge in [-0.3, -0.25) is 4.79 Å². The molecule has 0 aliphatic heterocycles. The van der Waals surface area contributed by atoms with Crippen molar-refractivity contribution in [2.24, 2.45) is 0 Å². The zero-order valence-corrected chi connectivity index (χ0v) is 14.3. The predicted octanol–water partition coefficient (Wildman–Crippen LogP) is 1.95. The van der Waals surface area contributed by atoms with Crippen molar-refractivity contribution in [1.29, 1.82) is 0 Å². The van der Waals surface area contributed by atoms with E-state index in [1.54, 1.807) is 0 Å². The van der Waals surface area contributed by atoms with Crippen LogP contribution in [-0.4, -0.2) is 31.1 Å². The summed E-state index contributed by atoms with van der Waals surface area (Å²) in [4.78, 5) is 23.0. The van der Waals surface area contributed by atoms with E-state index in [1.807, 2.05) is 24.3 Å². The Morgan fingerprint density at radius 1 is 1.08 bits per heavy atom. The molecule has 1 saturated carbocycles. The topological polar surface area (TPSA) is 79.5 Å². The SMILES string of the molecule is C#CCNC(=O)CNC(=O)NCc1ccc(OC2CCCCC2)cc1. The van der Waals surface area contributed by atoms with E-state index < -0.39 is 6.03 Å². The summed E-state index contributed by atoms with van der Waals surface area (Å²) in [6, 6.07) is 7.31. The third kappa shape index (κ3) is 7.17. The van der Waals surface area contributed by atoms with Gasteiger partial charge in [-0.25, -0.2) is 4.79 Å². The zero-order chi connectivity index (χ0) is 17.9. The van der Waals surface area contributed by atoms with Crippen LogP contribution >= 0.6 is 0 Å². The summed E-state index contributed by atoms with van der Waals surface area (Å²) in [5.74, 6) is 2.84. The first kappa shape index (κ1) is 18.7. The number of ether oxygens (including phenoxy) is 1. The summed E-state index contributed by atoms with van der Waals surface area (Å²) in [5, 5.41) is 7.64. The summed E-state index contributed by atoms with van der Waals surface area (Å²) in [6.07, 6.45) is 11.4. The second kappa shape index (κ2) is 10.2. The first-order chi connectivity index (χ1) is 12.2. The van der Waals surface area contributed by atoms with Crippen molar-refractivity contribution in [2.75, 3.05) is 13.1 Å². The quantitative estimate of drug-likeness (QED) is 0.662. The summed E-state index contributed by atoms with van der Waals surface area (Å²) in [7, 11) is 0. The number of hydrogen-bond donors (Lipinski definition) is 3. The maximum absolute atomic E-state index is 11.7. The molecule has 1 fully saturated rings. The normalized spacial score (nSPS) is 14.2. The molecule has 2 rings (SSSR count). The highest BCUT2D eigenvalue weighted by molar-refractivity contribution is 5.83. The van der Waals surface area contributed by atoms with Crippen molar-refractivity contribution in [3.8, 4) is 18.1 Å². The molecule has 0 heterocycles. The lowest BCUT2D eigenvalue weighted by molar-refractivity contribution is -0.119. The zero-order valence-electron chi connectivity index (χ0n) is 14.3. The van der Waals surface area contributed by atoms with Gasteiger partial charge in [0.25, 0.3) is 0 Å². The van der Waals surface area contributed by atoms with Gasteiger partial charge in [0.05, 0.1) is 19.2 Å². The lowest BCUT2D eigenvalue weighted by Crippen LogP contribution is -2.41. The molecule has 0 unspecified atom stereocenters. The minimum Gasteiger partial charge on any atom is -0.490 e. The fourth-order valence-electron chi connectivity index (χ4n) is 2.68. The molecule has 0 radical (unpaired) electrons. The van der Waals surface area contributed by atoms with Gasteiger partial charge < -0.3 is 20.7 Å². The van der Waals surface area contributed by atoms with Crippen LogP contribution in [-0.2, 0) is 11.3 Å².